The van der Waals surface area contributed by atoms with Crippen LogP contribution in [-0.2, 0) is 4.79 Å². The number of halogens is 1. The van der Waals surface area contributed by atoms with Crippen LogP contribution >= 0.6 is 11.6 Å². The Morgan fingerprint density at radius 3 is 2.48 bits per heavy atom. The number of carbonyl (C=O) groups excluding carboxylic acids is 2. The van der Waals surface area contributed by atoms with E-state index in [2.05, 4.69) is 0 Å². The Labute approximate surface area is 139 Å². The summed E-state index contributed by atoms with van der Waals surface area (Å²) in [5.41, 5.74) is 2.21. The second-order valence-electron chi connectivity index (χ2n) is 5.20. The zero-order valence-electron chi connectivity index (χ0n) is 12.7. The van der Waals surface area contributed by atoms with Gasteiger partial charge in [0.2, 0.25) is 6.41 Å². The minimum atomic E-state index is -0.564. The molecule has 0 saturated heterocycles. The predicted molar refractivity (Wildman–Crippen MR) is 88.0 cm³/mol. The van der Waals surface area contributed by atoms with E-state index in [-0.39, 0.29) is 0 Å². The number of hydrogen-bond acceptors (Lipinski definition) is 3. The van der Waals surface area contributed by atoms with Crippen molar-refractivity contribution in [1.29, 1.82) is 0 Å². The van der Waals surface area contributed by atoms with Crippen LogP contribution in [0.1, 0.15) is 17.2 Å². The number of methoxy groups -OCH3 is 1. The van der Waals surface area contributed by atoms with Crippen molar-refractivity contribution in [3.63, 3.8) is 0 Å². The lowest BCUT2D eigenvalue weighted by molar-refractivity contribution is -0.116. The fraction of sp³-hybridized carbons (Fsp3) is 0.176. The van der Waals surface area contributed by atoms with E-state index >= 15 is 0 Å². The van der Waals surface area contributed by atoms with E-state index in [1.165, 1.54) is 4.90 Å². The smallest absolute Gasteiger partial charge is 0.331 e. The minimum absolute atomic E-state index is 0.393. The third kappa shape index (κ3) is 2.43. The van der Waals surface area contributed by atoms with Crippen LogP contribution in [-0.4, -0.2) is 31.5 Å². The fourth-order valence-corrected chi connectivity index (χ4v) is 3.11. The second-order valence-corrected chi connectivity index (χ2v) is 5.61. The number of nitrogens with zero attached hydrogens (tertiary/aromatic N) is 2. The maximum absolute atomic E-state index is 12.5. The van der Waals surface area contributed by atoms with Gasteiger partial charge < -0.3 is 4.74 Å². The molecule has 0 N–H and O–H groups in total. The predicted octanol–water partition coefficient (Wildman–Crippen LogP) is 3.47. The molecule has 0 spiro atoms. The molecule has 118 valence electrons. The molecule has 1 unspecified atom stereocenters. The van der Waals surface area contributed by atoms with Gasteiger partial charge in [-0.25, -0.2) is 4.79 Å². The number of rotatable bonds is 3. The van der Waals surface area contributed by atoms with Gasteiger partial charge in [-0.3, -0.25) is 14.6 Å². The maximum atomic E-state index is 12.5. The number of carbonyl (C=O) groups is 2. The average Bonchev–Trinajstić information content (AvgIpc) is 2.58. The average molecular weight is 331 g/mol. The highest BCUT2D eigenvalue weighted by Crippen LogP contribution is 2.43. The summed E-state index contributed by atoms with van der Waals surface area (Å²) in [6.07, 6.45) is 0.542. The topological polar surface area (TPSA) is 49.9 Å². The maximum Gasteiger partial charge on any atom is 0.331 e. The lowest BCUT2D eigenvalue weighted by Crippen LogP contribution is -2.47. The monoisotopic (exact) mass is 330 g/mol. The molecule has 1 aliphatic rings. The summed E-state index contributed by atoms with van der Waals surface area (Å²) in [6, 6.07) is 11.6. The van der Waals surface area contributed by atoms with Gasteiger partial charge in [0, 0.05) is 17.6 Å². The standard InChI is InChI=1S/C17H15ClN2O3/c1-19-14-5-3-4-13(18)15(14)16(20(10-21)17(19)22)11-6-8-12(23-2)9-7-11/h3-10,16H,1-2H3. The van der Waals surface area contributed by atoms with Crippen molar-refractivity contribution in [1.82, 2.24) is 4.90 Å². The molecule has 2 aromatic carbocycles. The summed E-state index contributed by atoms with van der Waals surface area (Å²) in [5.74, 6) is 0.699. The normalized spacial score (nSPS) is 17.0. The van der Waals surface area contributed by atoms with Gasteiger partial charge in [-0.1, -0.05) is 29.8 Å². The molecule has 1 aliphatic heterocycles. The highest BCUT2D eigenvalue weighted by molar-refractivity contribution is 6.32. The van der Waals surface area contributed by atoms with E-state index in [0.29, 0.717) is 22.9 Å². The number of ether oxygens (including phenoxy) is 1. The fourth-order valence-electron chi connectivity index (χ4n) is 2.83. The quantitative estimate of drug-likeness (QED) is 0.810. The van der Waals surface area contributed by atoms with Crippen molar-refractivity contribution >= 4 is 29.7 Å². The Hall–Kier alpha value is -2.53. The molecule has 0 saturated carbocycles. The Bertz CT molecular complexity index is 761. The first-order chi connectivity index (χ1) is 11.1. The molecule has 6 heteroatoms. The number of imide groups is 1. The van der Waals surface area contributed by atoms with Crippen LogP contribution in [0.5, 0.6) is 5.75 Å². The van der Waals surface area contributed by atoms with Crippen molar-refractivity contribution in [2.75, 3.05) is 19.1 Å². The van der Waals surface area contributed by atoms with Crippen LogP contribution in [0, 0.1) is 0 Å². The van der Waals surface area contributed by atoms with E-state index in [1.54, 1.807) is 38.4 Å². The summed E-state index contributed by atoms with van der Waals surface area (Å²) in [5, 5.41) is 0.509. The van der Waals surface area contributed by atoms with Gasteiger partial charge in [0.25, 0.3) is 0 Å². The molecular weight excluding hydrogens is 316 g/mol. The number of fused-ring (bicyclic) bond motifs is 1. The van der Waals surface area contributed by atoms with Gasteiger partial charge in [-0.05, 0) is 29.8 Å². The number of anilines is 1. The summed E-state index contributed by atoms with van der Waals surface area (Å²) in [7, 11) is 3.20. The molecule has 0 aromatic heterocycles. The summed E-state index contributed by atoms with van der Waals surface area (Å²) >= 11 is 6.38. The largest absolute Gasteiger partial charge is 0.497 e. The highest BCUT2D eigenvalue weighted by atomic mass is 35.5. The van der Waals surface area contributed by atoms with Gasteiger partial charge in [-0.2, -0.15) is 0 Å². The van der Waals surface area contributed by atoms with Gasteiger partial charge in [0.15, 0.2) is 0 Å². The van der Waals surface area contributed by atoms with Crippen LogP contribution < -0.4 is 9.64 Å². The third-order valence-corrected chi connectivity index (χ3v) is 4.33. The Morgan fingerprint density at radius 2 is 1.87 bits per heavy atom. The zero-order chi connectivity index (χ0) is 16.6. The number of hydrogen-bond donors (Lipinski definition) is 0. The van der Waals surface area contributed by atoms with E-state index in [9.17, 15) is 9.59 Å². The molecule has 23 heavy (non-hydrogen) atoms. The SMILES string of the molecule is COc1ccc(C2c3c(Cl)cccc3N(C)C(=O)N2C=O)cc1. The molecule has 1 atom stereocenters. The number of benzene rings is 2. The molecule has 0 bridgehead atoms. The van der Waals surface area contributed by atoms with Crippen LogP contribution in [0.15, 0.2) is 42.5 Å². The Balaban J connectivity index is 2.21. The Kier molecular flexibility index (Phi) is 3.96. The first kappa shape index (κ1) is 15.4. The molecular formula is C17H15ClN2O3. The van der Waals surface area contributed by atoms with E-state index in [4.69, 9.17) is 16.3 Å². The van der Waals surface area contributed by atoms with E-state index < -0.39 is 12.1 Å². The molecule has 3 amide bonds. The summed E-state index contributed by atoms with van der Waals surface area (Å²) in [6.45, 7) is 0. The first-order valence-corrected chi connectivity index (χ1v) is 7.40. The minimum Gasteiger partial charge on any atom is -0.497 e. The van der Waals surface area contributed by atoms with Gasteiger partial charge in [0.1, 0.15) is 5.75 Å². The lowest BCUT2D eigenvalue weighted by atomic mass is 9.93. The molecule has 5 nitrogen and oxygen atoms in total. The first-order valence-electron chi connectivity index (χ1n) is 7.02. The molecule has 0 aliphatic carbocycles. The summed E-state index contributed by atoms with van der Waals surface area (Å²) < 4.78 is 5.16. The molecule has 0 fully saturated rings. The lowest BCUT2D eigenvalue weighted by Gasteiger charge is -2.38. The zero-order valence-corrected chi connectivity index (χ0v) is 13.4. The Morgan fingerprint density at radius 1 is 1.17 bits per heavy atom. The van der Waals surface area contributed by atoms with Crippen LogP contribution in [0.4, 0.5) is 10.5 Å². The van der Waals surface area contributed by atoms with Gasteiger partial charge >= 0.3 is 6.03 Å². The molecule has 0 radical (unpaired) electrons. The van der Waals surface area contributed by atoms with Crippen LogP contribution in [0.3, 0.4) is 0 Å². The second kappa shape index (κ2) is 5.93. The van der Waals surface area contributed by atoms with E-state index in [0.717, 1.165) is 16.0 Å². The van der Waals surface area contributed by atoms with Crippen molar-refractivity contribution in [2.45, 2.75) is 6.04 Å². The molecule has 1 heterocycles. The van der Waals surface area contributed by atoms with Crippen molar-refractivity contribution < 1.29 is 14.3 Å². The van der Waals surface area contributed by atoms with Gasteiger partial charge in [-0.15, -0.1) is 0 Å². The number of amides is 3. The van der Waals surface area contributed by atoms with Crippen LogP contribution in [0.2, 0.25) is 5.02 Å². The van der Waals surface area contributed by atoms with E-state index in [1.807, 2.05) is 18.2 Å². The molecule has 2 aromatic rings. The van der Waals surface area contributed by atoms with Crippen molar-refractivity contribution in [3.05, 3.63) is 58.6 Å². The number of urea groups is 1. The van der Waals surface area contributed by atoms with Crippen molar-refractivity contribution in [3.8, 4) is 5.75 Å². The van der Waals surface area contributed by atoms with Crippen LogP contribution in [0.25, 0.3) is 0 Å². The van der Waals surface area contributed by atoms with Gasteiger partial charge in [0.05, 0.1) is 18.8 Å². The molecule has 3 rings (SSSR count). The third-order valence-electron chi connectivity index (χ3n) is 4.00. The van der Waals surface area contributed by atoms with Crippen molar-refractivity contribution in [2.24, 2.45) is 0 Å². The highest BCUT2D eigenvalue weighted by Gasteiger charge is 2.38. The summed E-state index contributed by atoms with van der Waals surface area (Å²) in [4.78, 5) is 26.6.